The van der Waals surface area contributed by atoms with Crippen LogP contribution in [0.5, 0.6) is 0 Å². The topological polar surface area (TPSA) is 81.1 Å². The minimum atomic E-state index is -0.289. The molecular weight excluding hydrogens is 434 g/mol. The number of fused-ring (bicyclic) bond motifs is 1. The Hall–Kier alpha value is -3.71. The van der Waals surface area contributed by atoms with Crippen LogP contribution in [0, 0.1) is 13.8 Å². The van der Waals surface area contributed by atoms with Crippen LogP contribution in [0.2, 0.25) is 0 Å². The molecule has 0 unspecified atom stereocenters. The van der Waals surface area contributed by atoms with E-state index in [-0.39, 0.29) is 23.0 Å². The number of hydrogen-bond acceptors (Lipinski definition) is 5. The van der Waals surface area contributed by atoms with Crippen LogP contribution in [-0.2, 0) is 4.79 Å². The first-order chi connectivity index (χ1) is 15.8. The molecule has 0 saturated heterocycles. The summed E-state index contributed by atoms with van der Waals surface area (Å²) in [5, 5.41) is 3.74. The number of anilines is 1. The molecule has 4 rings (SSSR count). The number of hydrogen-bond donors (Lipinski definition) is 1. The summed E-state index contributed by atoms with van der Waals surface area (Å²) < 4.78 is 1.57. The van der Waals surface area contributed by atoms with Crippen LogP contribution in [0.3, 0.4) is 0 Å². The number of ketones is 1. The predicted molar refractivity (Wildman–Crippen MR) is 133 cm³/mol. The lowest BCUT2D eigenvalue weighted by atomic mass is 10.1. The number of nitrogens with zero attached hydrogens (tertiary/aromatic N) is 2. The molecule has 3 aromatic carbocycles. The highest BCUT2D eigenvalue weighted by Crippen LogP contribution is 2.24. The number of nitrogens with one attached hydrogen (secondary N) is 1. The van der Waals surface area contributed by atoms with E-state index in [0.29, 0.717) is 27.3 Å². The van der Waals surface area contributed by atoms with E-state index in [1.54, 1.807) is 41.0 Å². The molecule has 0 radical (unpaired) electrons. The molecule has 166 valence electrons. The first-order valence-corrected chi connectivity index (χ1v) is 11.5. The predicted octanol–water partition coefficient (Wildman–Crippen LogP) is 4.94. The number of benzene rings is 3. The number of rotatable bonds is 6. The van der Waals surface area contributed by atoms with Crippen molar-refractivity contribution >= 4 is 40.0 Å². The molecule has 0 bridgehead atoms. The Balaban J connectivity index is 1.70. The molecule has 1 amide bonds. The van der Waals surface area contributed by atoms with Crippen molar-refractivity contribution in [2.45, 2.75) is 25.9 Å². The Morgan fingerprint density at radius 1 is 1.00 bits per heavy atom. The second-order valence-corrected chi connectivity index (χ2v) is 8.72. The molecule has 1 N–H and O–H groups in total. The van der Waals surface area contributed by atoms with Crippen LogP contribution in [0.25, 0.3) is 16.6 Å². The molecule has 7 heteroatoms. The van der Waals surface area contributed by atoms with Crippen LogP contribution in [0.1, 0.15) is 28.4 Å². The molecule has 0 spiro atoms. The quantitative estimate of drug-likeness (QED) is 0.252. The van der Waals surface area contributed by atoms with E-state index >= 15 is 0 Å². The van der Waals surface area contributed by atoms with Gasteiger partial charge in [0, 0.05) is 5.56 Å². The van der Waals surface area contributed by atoms with E-state index in [4.69, 9.17) is 4.98 Å². The highest BCUT2D eigenvalue weighted by atomic mass is 32.2. The molecular formula is C26H23N3O3S. The molecule has 0 saturated carbocycles. The number of carbonyl (C=O) groups is 2. The molecule has 33 heavy (non-hydrogen) atoms. The largest absolute Gasteiger partial charge is 0.325 e. The average Bonchev–Trinajstić information content (AvgIpc) is 2.79. The van der Waals surface area contributed by atoms with E-state index in [9.17, 15) is 14.4 Å². The SMILES string of the molecule is CC(=O)c1ccccc1NC(=O)CSc1nc2ccccc2c(=O)n1-c1ccc(C)cc1C. The summed E-state index contributed by atoms with van der Waals surface area (Å²) in [6.45, 7) is 5.40. The third-order valence-electron chi connectivity index (χ3n) is 5.25. The summed E-state index contributed by atoms with van der Waals surface area (Å²) in [6, 6.07) is 19.9. The Labute approximate surface area is 195 Å². The summed E-state index contributed by atoms with van der Waals surface area (Å²) in [6.07, 6.45) is 0. The van der Waals surface area contributed by atoms with E-state index in [2.05, 4.69) is 5.32 Å². The van der Waals surface area contributed by atoms with Gasteiger partial charge in [0.2, 0.25) is 5.91 Å². The van der Waals surface area contributed by atoms with E-state index in [1.165, 1.54) is 18.7 Å². The zero-order valence-corrected chi connectivity index (χ0v) is 19.4. The fourth-order valence-corrected chi connectivity index (χ4v) is 4.50. The van der Waals surface area contributed by atoms with Crippen molar-refractivity contribution in [3.8, 4) is 5.69 Å². The molecule has 6 nitrogen and oxygen atoms in total. The van der Waals surface area contributed by atoms with E-state index < -0.39 is 0 Å². The Morgan fingerprint density at radius 2 is 1.73 bits per heavy atom. The zero-order chi connectivity index (χ0) is 23.5. The number of aromatic nitrogens is 2. The zero-order valence-electron chi connectivity index (χ0n) is 18.6. The lowest BCUT2D eigenvalue weighted by molar-refractivity contribution is -0.113. The Kier molecular flexibility index (Phi) is 6.42. The van der Waals surface area contributed by atoms with Crippen LogP contribution in [-0.4, -0.2) is 27.0 Å². The molecule has 0 aliphatic rings. The maximum atomic E-state index is 13.4. The molecule has 0 atom stereocenters. The number of carbonyl (C=O) groups excluding carboxylic acids is 2. The first-order valence-electron chi connectivity index (χ1n) is 10.5. The monoisotopic (exact) mass is 457 g/mol. The third-order valence-corrected chi connectivity index (χ3v) is 6.19. The van der Waals surface area contributed by atoms with Gasteiger partial charge < -0.3 is 5.32 Å². The van der Waals surface area contributed by atoms with Crippen molar-refractivity contribution < 1.29 is 9.59 Å². The molecule has 0 aliphatic carbocycles. The van der Waals surface area contributed by atoms with Gasteiger partial charge >= 0.3 is 0 Å². The number of para-hydroxylation sites is 2. The minimum Gasteiger partial charge on any atom is -0.325 e. The van der Waals surface area contributed by atoms with Gasteiger partial charge in [0.25, 0.3) is 5.56 Å². The van der Waals surface area contributed by atoms with Gasteiger partial charge in [-0.25, -0.2) is 4.98 Å². The van der Waals surface area contributed by atoms with E-state index in [1.807, 2.05) is 44.2 Å². The maximum Gasteiger partial charge on any atom is 0.266 e. The van der Waals surface area contributed by atoms with Crippen molar-refractivity contribution in [1.29, 1.82) is 0 Å². The first kappa shape index (κ1) is 22.5. The van der Waals surface area contributed by atoms with Crippen LogP contribution < -0.4 is 10.9 Å². The van der Waals surface area contributed by atoms with Crippen molar-refractivity contribution in [2.75, 3.05) is 11.1 Å². The van der Waals surface area contributed by atoms with Gasteiger partial charge in [0.05, 0.1) is 28.0 Å². The highest BCUT2D eigenvalue weighted by Gasteiger charge is 2.17. The fourth-order valence-electron chi connectivity index (χ4n) is 3.69. The van der Waals surface area contributed by atoms with Gasteiger partial charge in [0.15, 0.2) is 10.9 Å². The van der Waals surface area contributed by atoms with Gasteiger partial charge in [0.1, 0.15) is 0 Å². The van der Waals surface area contributed by atoms with E-state index in [0.717, 1.165) is 16.8 Å². The fraction of sp³-hybridized carbons (Fsp3) is 0.154. The van der Waals surface area contributed by atoms with Crippen molar-refractivity contribution in [2.24, 2.45) is 0 Å². The number of aryl methyl sites for hydroxylation is 2. The van der Waals surface area contributed by atoms with Crippen molar-refractivity contribution in [3.63, 3.8) is 0 Å². The summed E-state index contributed by atoms with van der Waals surface area (Å²) in [5.74, 6) is -0.385. The lowest BCUT2D eigenvalue weighted by Gasteiger charge is -2.16. The van der Waals surface area contributed by atoms with Gasteiger partial charge in [-0.2, -0.15) is 0 Å². The second kappa shape index (κ2) is 9.42. The summed E-state index contributed by atoms with van der Waals surface area (Å²) in [4.78, 5) is 42.7. The molecule has 4 aromatic rings. The molecule has 1 aromatic heterocycles. The molecule has 0 aliphatic heterocycles. The van der Waals surface area contributed by atoms with Crippen LogP contribution in [0.4, 0.5) is 5.69 Å². The summed E-state index contributed by atoms with van der Waals surface area (Å²) in [7, 11) is 0. The Morgan fingerprint density at radius 3 is 2.48 bits per heavy atom. The lowest BCUT2D eigenvalue weighted by Crippen LogP contribution is -2.23. The number of Topliss-reactive ketones (excluding diaryl/α,β-unsaturated/α-hetero) is 1. The Bertz CT molecular complexity index is 1440. The maximum absolute atomic E-state index is 13.4. The van der Waals surface area contributed by atoms with Gasteiger partial charge in [-0.3, -0.25) is 19.0 Å². The van der Waals surface area contributed by atoms with Gasteiger partial charge in [-0.05, 0) is 56.7 Å². The standard InChI is InChI=1S/C26H23N3O3S/c1-16-12-13-23(17(2)14-16)29-25(32)20-9-5-7-11-22(20)28-26(29)33-15-24(31)27-21-10-6-4-8-19(21)18(3)30/h4-14H,15H2,1-3H3,(H,27,31). The summed E-state index contributed by atoms with van der Waals surface area (Å²) in [5.41, 5.74) is 4.08. The number of thioether (sulfide) groups is 1. The van der Waals surface area contributed by atoms with Crippen LogP contribution in [0.15, 0.2) is 76.7 Å². The normalized spacial score (nSPS) is 10.9. The average molecular weight is 458 g/mol. The molecule has 0 fully saturated rings. The molecule has 1 heterocycles. The minimum absolute atomic E-state index is 0.0297. The highest BCUT2D eigenvalue weighted by molar-refractivity contribution is 7.99. The smallest absolute Gasteiger partial charge is 0.266 e. The number of amides is 1. The van der Waals surface area contributed by atoms with Crippen LogP contribution >= 0.6 is 11.8 Å². The van der Waals surface area contributed by atoms with Gasteiger partial charge in [-0.1, -0.05) is 53.7 Å². The van der Waals surface area contributed by atoms with Gasteiger partial charge in [-0.15, -0.1) is 0 Å². The summed E-state index contributed by atoms with van der Waals surface area (Å²) >= 11 is 1.18. The second-order valence-electron chi connectivity index (χ2n) is 7.78. The van der Waals surface area contributed by atoms with Crippen molar-refractivity contribution in [3.05, 3.63) is 93.8 Å². The third kappa shape index (κ3) is 4.73. The van der Waals surface area contributed by atoms with Crippen molar-refractivity contribution in [1.82, 2.24) is 9.55 Å².